The summed E-state index contributed by atoms with van der Waals surface area (Å²) in [5.74, 6) is 0. The molecule has 0 bridgehead atoms. The molecule has 1 aromatic rings. The number of unbranched alkanes of at least 4 members (excludes halogenated alkanes) is 4. The van der Waals surface area contributed by atoms with Crippen molar-refractivity contribution in [3.05, 3.63) is 16.4 Å². The Hall–Kier alpha value is -0.350. The van der Waals surface area contributed by atoms with Crippen LogP contribution in [0.2, 0.25) is 0 Å². The van der Waals surface area contributed by atoms with Gasteiger partial charge >= 0.3 is 0 Å². The van der Waals surface area contributed by atoms with Crippen LogP contribution in [0.3, 0.4) is 0 Å². The van der Waals surface area contributed by atoms with Gasteiger partial charge in [0.2, 0.25) is 0 Å². The van der Waals surface area contributed by atoms with E-state index in [1.54, 1.807) is 0 Å². The predicted octanol–water partition coefficient (Wildman–Crippen LogP) is 5.24. The van der Waals surface area contributed by atoms with E-state index >= 15 is 0 Å². The lowest BCUT2D eigenvalue weighted by molar-refractivity contribution is 0.418. The number of hydrogen-bond donors (Lipinski definition) is 1. The Balaban J connectivity index is 2.67. The largest absolute Gasteiger partial charge is 0.309 e. The third-order valence-corrected chi connectivity index (χ3v) is 4.26. The maximum atomic E-state index is 4.51. The van der Waals surface area contributed by atoms with E-state index in [9.17, 15) is 0 Å². The smallest absolute Gasteiger partial charge is 0.0698 e. The quantitative estimate of drug-likeness (QED) is 0.589. The third kappa shape index (κ3) is 5.21. The van der Waals surface area contributed by atoms with Crippen molar-refractivity contribution in [2.24, 2.45) is 0 Å². The van der Waals surface area contributed by atoms with Gasteiger partial charge in [0.25, 0.3) is 0 Å². The first kappa shape index (κ1) is 17.7. The average molecular weight is 344 g/mol. The minimum atomic E-state index is 0.401. The van der Waals surface area contributed by atoms with Crippen molar-refractivity contribution < 1.29 is 0 Å². The molecule has 3 nitrogen and oxygen atoms in total. The van der Waals surface area contributed by atoms with Gasteiger partial charge in [0.05, 0.1) is 22.4 Å². The summed E-state index contributed by atoms with van der Waals surface area (Å²) in [5, 5.41) is 8.13. The van der Waals surface area contributed by atoms with Gasteiger partial charge in [0.15, 0.2) is 0 Å². The molecule has 0 saturated carbocycles. The maximum absolute atomic E-state index is 4.51. The normalized spacial score (nSPS) is 13.1. The lowest BCUT2D eigenvalue weighted by atomic mass is 10.0. The van der Waals surface area contributed by atoms with Crippen molar-refractivity contribution in [2.45, 2.75) is 78.3 Å². The second-order valence-electron chi connectivity index (χ2n) is 5.73. The van der Waals surface area contributed by atoms with Gasteiger partial charge < -0.3 is 5.32 Å². The number of nitrogens with zero attached hydrogens (tertiary/aromatic N) is 2. The van der Waals surface area contributed by atoms with Gasteiger partial charge in [0, 0.05) is 6.04 Å². The molecule has 4 heteroatoms. The number of nitrogens with one attached hydrogen (secondary N) is 1. The minimum Gasteiger partial charge on any atom is -0.309 e. The lowest BCUT2D eigenvalue weighted by Crippen LogP contribution is -2.25. The van der Waals surface area contributed by atoms with Crippen LogP contribution in [0.5, 0.6) is 0 Å². The van der Waals surface area contributed by atoms with Crippen LogP contribution >= 0.6 is 15.9 Å². The zero-order valence-electron chi connectivity index (χ0n) is 13.5. The molecule has 0 aliphatic heterocycles. The molecule has 0 spiro atoms. The molecule has 1 rings (SSSR count). The van der Waals surface area contributed by atoms with E-state index in [-0.39, 0.29) is 0 Å². The Morgan fingerprint density at radius 1 is 1.20 bits per heavy atom. The van der Waals surface area contributed by atoms with Crippen molar-refractivity contribution in [1.29, 1.82) is 0 Å². The molecular weight excluding hydrogens is 314 g/mol. The Kier molecular flexibility index (Phi) is 8.46. The number of rotatable bonds is 10. The summed E-state index contributed by atoms with van der Waals surface area (Å²) in [6, 6.07) is 0.804. The van der Waals surface area contributed by atoms with Crippen molar-refractivity contribution >= 4 is 15.9 Å². The second kappa shape index (κ2) is 9.56. The molecule has 0 aliphatic rings. The molecule has 20 heavy (non-hydrogen) atoms. The molecule has 0 saturated heterocycles. The summed E-state index contributed by atoms with van der Waals surface area (Å²) < 4.78 is 3.27. The second-order valence-corrected chi connectivity index (χ2v) is 6.58. The van der Waals surface area contributed by atoms with Crippen LogP contribution in [0.4, 0.5) is 0 Å². The molecular formula is C16H30BrN3. The summed E-state index contributed by atoms with van der Waals surface area (Å²) in [6.45, 7) is 9.81. The number of halogens is 1. The molecule has 0 amide bonds. The molecule has 0 aromatic carbocycles. The van der Waals surface area contributed by atoms with Crippen LogP contribution in [0.25, 0.3) is 0 Å². The van der Waals surface area contributed by atoms with E-state index < -0.39 is 0 Å². The van der Waals surface area contributed by atoms with E-state index in [0.29, 0.717) is 12.1 Å². The Morgan fingerprint density at radius 3 is 2.50 bits per heavy atom. The molecule has 0 radical (unpaired) electrons. The zero-order chi connectivity index (χ0) is 15.0. The fourth-order valence-electron chi connectivity index (χ4n) is 2.62. The van der Waals surface area contributed by atoms with Gasteiger partial charge in [-0.2, -0.15) is 5.10 Å². The van der Waals surface area contributed by atoms with E-state index in [1.807, 2.05) is 6.20 Å². The highest BCUT2D eigenvalue weighted by atomic mass is 79.9. The predicted molar refractivity (Wildman–Crippen MR) is 90.1 cm³/mol. The Morgan fingerprint density at radius 2 is 1.90 bits per heavy atom. The van der Waals surface area contributed by atoms with Crippen LogP contribution in [0.15, 0.2) is 10.7 Å². The third-order valence-electron chi connectivity index (χ3n) is 3.65. The Labute approximate surface area is 132 Å². The van der Waals surface area contributed by atoms with Crippen molar-refractivity contribution in [3.8, 4) is 0 Å². The van der Waals surface area contributed by atoms with Crippen molar-refractivity contribution in [3.63, 3.8) is 0 Å². The van der Waals surface area contributed by atoms with E-state index in [1.165, 1.54) is 44.2 Å². The summed E-state index contributed by atoms with van der Waals surface area (Å²) in [4.78, 5) is 0. The Bertz CT molecular complexity index is 374. The summed E-state index contributed by atoms with van der Waals surface area (Å²) in [7, 11) is 0. The SMILES string of the molecule is CCCCCCCC(NCC)c1c(Br)cnn1C(C)C. The van der Waals surface area contributed by atoms with E-state index in [2.05, 4.69) is 58.7 Å². The highest BCUT2D eigenvalue weighted by molar-refractivity contribution is 9.10. The summed E-state index contributed by atoms with van der Waals surface area (Å²) >= 11 is 3.67. The van der Waals surface area contributed by atoms with Gasteiger partial charge in [-0.15, -0.1) is 0 Å². The molecule has 1 heterocycles. The lowest BCUT2D eigenvalue weighted by Gasteiger charge is -2.22. The highest BCUT2D eigenvalue weighted by Gasteiger charge is 2.20. The van der Waals surface area contributed by atoms with Crippen LogP contribution < -0.4 is 5.32 Å². The zero-order valence-corrected chi connectivity index (χ0v) is 15.0. The highest BCUT2D eigenvalue weighted by Crippen LogP contribution is 2.29. The van der Waals surface area contributed by atoms with Gasteiger partial charge in [0.1, 0.15) is 0 Å². The first-order valence-electron chi connectivity index (χ1n) is 8.08. The van der Waals surface area contributed by atoms with Crippen molar-refractivity contribution in [1.82, 2.24) is 15.1 Å². The van der Waals surface area contributed by atoms with Crippen LogP contribution in [-0.4, -0.2) is 16.3 Å². The van der Waals surface area contributed by atoms with Gasteiger partial charge in [-0.1, -0.05) is 46.0 Å². The molecule has 1 aromatic heterocycles. The van der Waals surface area contributed by atoms with Gasteiger partial charge in [-0.25, -0.2) is 0 Å². The molecule has 1 unspecified atom stereocenters. The summed E-state index contributed by atoms with van der Waals surface area (Å²) in [6.07, 6.45) is 9.77. The molecule has 0 fully saturated rings. The van der Waals surface area contributed by atoms with Crippen molar-refractivity contribution in [2.75, 3.05) is 6.54 Å². The van der Waals surface area contributed by atoms with Crippen LogP contribution in [-0.2, 0) is 0 Å². The van der Waals surface area contributed by atoms with E-state index in [4.69, 9.17) is 0 Å². The van der Waals surface area contributed by atoms with Crippen LogP contribution in [0.1, 0.15) is 84.0 Å². The minimum absolute atomic E-state index is 0.401. The molecule has 1 N–H and O–H groups in total. The van der Waals surface area contributed by atoms with Gasteiger partial charge in [-0.05, 0) is 42.7 Å². The van der Waals surface area contributed by atoms with Gasteiger partial charge in [-0.3, -0.25) is 4.68 Å². The number of aromatic nitrogens is 2. The molecule has 1 atom stereocenters. The van der Waals surface area contributed by atoms with E-state index in [0.717, 1.165) is 11.0 Å². The topological polar surface area (TPSA) is 29.9 Å². The monoisotopic (exact) mass is 343 g/mol. The first-order chi connectivity index (χ1) is 9.61. The average Bonchev–Trinajstić information content (AvgIpc) is 2.79. The summed E-state index contributed by atoms with van der Waals surface area (Å²) in [5.41, 5.74) is 1.30. The fourth-order valence-corrected chi connectivity index (χ4v) is 3.17. The molecule has 0 aliphatic carbocycles. The maximum Gasteiger partial charge on any atom is 0.0698 e. The van der Waals surface area contributed by atoms with Crippen LogP contribution in [0, 0.1) is 0 Å². The number of hydrogen-bond acceptors (Lipinski definition) is 2. The molecule has 116 valence electrons. The standard InChI is InChI=1S/C16H30BrN3/c1-5-7-8-9-10-11-15(18-6-2)16-14(17)12-19-20(16)13(3)4/h12-13,15,18H,5-11H2,1-4H3. The fraction of sp³-hybridized carbons (Fsp3) is 0.812. The first-order valence-corrected chi connectivity index (χ1v) is 8.87.